The first-order valence-corrected chi connectivity index (χ1v) is 14.5. The first kappa shape index (κ1) is 25.1. The number of benzene rings is 2. The summed E-state index contributed by atoms with van der Waals surface area (Å²) in [6, 6.07) is 31.7. The predicted octanol–water partition coefficient (Wildman–Crippen LogP) is 8.34. The van der Waals surface area contributed by atoms with Gasteiger partial charge < -0.3 is 19.8 Å². The van der Waals surface area contributed by atoms with Crippen LogP contribution in [0.2, 0.25) is 0 Å². The molecule has 43 heavy (non-hydrogen) atoms. The molecule has 0 saturated heterocycles. The molecule has 6 heterocycles. The van der Waals surface area contributed by atoms with E-state index < -0.39 is 0 Å². The Hall–Kier alpha value is -5.62. The molecule has 0 aliphatic carbocycles. The Morgan fingerprint density at radius 1 is 0.581 bits per heavy atom. The molecule has 6 heteroatoms. The van der Waals surface area contributed by atoms with E-state index in [-0.39, 0.29) is 6.17 Å². The summed E-state index contributed by atoms with van der Waals surface area (Å²) in [6.45, 7) is 0. The molecule has 2 aromatic carbocycles. The molecule has 208 valence electrons. The third kappa shape index (κ3) is 4.44. The fourth-order valence-electron chi connectivity index (χ4n) is 6.31. The maximum atomic E-state index is 5.14. The van der Waals surface area contributed by atoms with Crippen LogP contribution in [0.1, 0.15) is 34.5 Å². The second-order valence-corrected chi connectivity index (χ2v) is 11.2. The summed E-state index contributed by atoms with van der Waals surface area (Å²) < 4.78 is 0. The maximum Gasteiger partial charge on any atom is 0.129 e. The third-order valence-electron chi connectivity index (χ3n) is 8.25. The van der Waals surface area contributed by atoms with Crippen LogP contribution >= 0.6 is 0 Å². The Bertz CT molecular complexity index is 2100. The number of aromatic amines is 2. The van der Waals surface area contributed by atoms with Gasteiger partial charge in [-0.3, -0.25) is 0 Å². The lowest BCUT2D eigenvalue weighted by molar-refractivity contribution is 0.211. The third-order valence-corrected chi connectivity index (χ3v) is 8.25. The van der Waals surface area contributed by atoms with Crippen LogP contribution in [-0.2, 0) is 0 Å². The van der Waals surface area contributed by atoms with Crippen LogP contribution in [0.4, 0.5) is 0 Å². The Kier molecular flexibility index (Phi) is 5.86. The molecule has 0 saturated carbocycles. The minimum absolute atomic E-state index is 0.0408. The average molecular weight is 559 g/mol. The van der Waals surface area contributed by atoms with Crippen LogP contribution < -0.4 is 0 Å². The normalized spacial score (nSPS) is 14.3. The molecular formula is C37H30N6. The smallest absolute Gasteiger partial charge is 0.129 e. The lowest BCUT2D eigenvalue weighted by atomic mass is 10.0. The highest BCUT2D eigenvalue weighted by Gasteiger charge is 2.27. The Morgan fingerprint density at radius 2 is 1.19 bits per heavy atom. The first-order valence-electron chi connectivity index (χ1n) is 14.5. The lowest BCUT2D eigenvalue weighted by Gasteiger charge is -2.27. The number of fused-ring (bicyclic) bond motifs is 8. The van der Waals surface area contributed by atoms with Gasteiger partial charge in [0.15, 0.2) is 0 Å². The topological polar surface area (TPSA) is 63.8 Å². The van der Waals surface area contributed by atoms with Crippen molar-refractivity contribution < 1.29 is 0 Å². The van der Waals surface area contributed by atoms with Crippen LogP contribution in [0, 0.1) is 0 Å². The van der Waals surface area contributed by atoms with Gasteiger partial charge in [0, 0.05) is 59.7 Å². The van der Waals surface area contributed by atoms with E-state index in [1.165, 1.54) is 5.56 Å². The molecule has 8 bridgehead atoms. The molecular weight excluding hydrogens is 528 g/mol. The van der Waals surface area contributed by atoms with Gasteiger partial charge in [-0.15, -0.1) is 0 Å². The van der Waals surface area contributed by atoms with E-state index in [2.05, 4.69) is 155 Å². The number of hydrogen-bond acceptors (Lipinski definition) is 4. The summed E-state index contributed by atoms with van der Waals surface area (Å²) in [5, 5.41) is 0. The summed E-state index contributed by atoms with van der Waals surface area (Å²) in [7, 11) is 4.24. The van der Waals surface area contributed by atoms with Crippen molar-refractivity contribution >= 4 is 46.4 Å². The average Bonchev–Trinajstić information content (AvgIpc) is 3.86. The molecule has 6 nitrogen and oxygen atoms in total. The van der Waals surface area contributed by atoms with Gasteiger partial charge in [-0.2, -0.15) is 0 Å². The Balaban J connectivity index is 1.50. The number of nitrogens with one attached hydrogen (secondary N) is 2. The van der Waals surface area contributed by atoms with E-state index in [0.29, 0.717) is 0 Å². The molecule has 2 N–H and O–H groups in total. The number of aromatic nitrogens is 4. The summed E-state index contributed by atoms with van der Waals surface area (Å²) in [5.74, 6) is 0. The second-order valence-electron chi connectivity index (χ2n) is 11.2. The van der Waals surface area contributed by atoms with Crippen LogP contribution in [0.3, 0.4) is 0 Å². The van der Waals surface area contributed by atoms with Crippen molar-refractivity contribution in [2.45, 2.75) is 6.17 Å². The van der Waals surface area contributed by atoms with E-state index in [4.69, 9.17) is 9.97 Å². The minimum atomic E-state index is 0.0408. The van der Waals surface area contributed by atoms with E-state index in [0.717, 1.165) is 67.1 Å². The van der Waals surface area contributed by atoms with Crippen molar-refractivity contribution in [2.75, 3.05) is 14.1 Å². The zero-order chi connectivity index (χ0) is 28.9. The number of rotatable bonds is 3. The van der Waals surface area contributed by atoms with E-state index in [9.17, 15) is 0 Å². The number of H-pyrrole nitrogens is 2. The van der Waals surface area contributed by atoms with Gasteiger partial charge in [0.05, 0.1) is 28.3 Å². The zero-order valence-electron chi connectivity index (χ0n) is 24.0. The van der Waals surface area contributed by atoms with Gasteiger partial charge in [-0.1, -0.05) is 60.7 Å². The molecule has 0 spiro atoms. The van der Waals surface area contributed by atoms with Gasteiger partial charge >= 0.3 is 0 Å². The second kappa shape index (κ2) is 10.0. The van der Waals surface area contributed by atoms with Gasteiger partial charge in [0.25, 0.3) is 0 Å². The van der Waals surface area contributed by atoms with Crippen LogP contribution in [0.5, 0.6) is 0 Å². The highest BCUT2D eigenvalue weighted by molar-refractivity contribution is 5.94. The molecule has 3 aliphatic heterocycles. The SMILES string of the molecule is CN1C=CN(C)C1c1cc2cc3ccc([nH]3)c(-c3ccccc3)c3nc(cc4nc(c(-c5ccccc5)c1[nH]2)C=C4)C=C3. The molecule has 0 atom stereocenters. The highest BCUT2D eigenvalue weighted by Crippen LogP contribution is 2.38. The number of nitrogens with zero attached hydrogens (tertiary/aromatic N) is 4. The number of hydrogen-bond donors (Lipinski definition) is 2. The largest absolute Gasteiger partial charge is 0.355 e. The van der Waals surface area contributed by atoms with Crippen molar-refractivity contribution in [2.24, 2.45) is 0 Å². The van der Waals surface area contributed by atoms with Crippen molar-refractivity contribution in [3.63, 3.8) is 0 Å². The van der Waals surface area contributed by atoms with Gasteiger partial charge in [-0.05, 0) is 65.8 Å². The fraction of sp³-hybridized carbons (Fsp3) is 0.0811. The van der Waals surface area contributed by atoms with E-state index in [1.54, 1.807) is 0 Å². The summed E-state index contributed by atoms with van der Waals surface area (Å²) in [5.41, 5.74) is 13.2. The quantitative estimate of drug-likeness (QED) is 0.229. The van der Waals surface area contributed by atoms with Crippen molar-refractivity contribution in [1.82, 2.24) is 29.7 Å². The Morgan fingerprint density at radius 3 is 1.84 bits per heavy atom. The van der Waals surface area contributed by atoms with Crippen LogP contribution in [0.25, 0.3) is 68.6 Å². The molecule has 0 fully saturated rings. The standard InChI is InChI=1S/C37H30N6/c1-42-19-20-43(2)37(42)30-23-29-22-28-14-17-32(39-28)34(24-9-5-3-6-10-24)31-16-13-26(38-31)21-27-15-18-33(40-27)35(36(30)41-29)25-11-7-4-8-12-25/h3-23,37,39,41H,1-2H3. The van der Waals surface area contributed by atoms with Gasteiger partial charge in [0.1, 0.15) is 6.17 Å². The molecule has 8 rings (SSSR count). The minimum Gasteiger partial charge on any atom is -0.355 e. The summed E-state index contributed by atoms with van der Waals surface area (Å²) >= 11 is 0. The van der Waals surface area contributed by atoms with E-state index in [1.807, 2.05) is 6.07 Å². The molecule has 3 aromatic heterocycles. The van der Waals surface area contributed by atoms with Crippen molar-refractivity contribution in [1.29, 1.82) is 0 Å². The summed E-state index contributed by atoms with van der Waals surface area (Å²) in [4.78, 5) is 22.2. The molecule has 3 aliphatic rings. The van der Waals surface area contributed by atoms with Crippen molar-refractivity contribution in [3.8, 4) is 22.3 Å². The molecule has 0 unspecified atom stereocenters. The van der Waals surface area contributed by atoms with Gasteiger partial charge in [0.2, 0.25) is 0 Å². The Labute approximate surface area is 250 Å². The monoisotopic (exact) mass is 558 g/mol. The predicted molar refractivity (Wildman–Crippen MR) is 177 cm³/mol. The fourth-order valence-corrected chi connectivity index (χ4v) is 6.31. The van der Waals surface area contributed by atoms with Gasteiger partial charge in [-0.25, -0.2) is 9.97 Å². The molecule has 0 amide bonds. The molecule has 0 radical (unpaired) electrons. The van der Waals surface area contributed by atoms with E-state index >= 15 is 0 Å². The lowest BCUT2D eigenvalue weighted by Crippen LogP contribution is -2.25. The van der Waals surface area contributed by atoms with Crippen molar-refractivity contribution in [3.05, 3.63) is 132 Å². The highest BCUT2D eigenvalue weighted by atomic mass is 15.4. The maximum absolute atomic E-state index is 5.14. The zero-order valence-corrected chi connectivity index (χ0v) is 24.0. The molecule has 5 aromatic rings. The van der Waals surface area contributed by atoms with Crippen LogP contribution in [-0.4, -0.2) is 43.8 Å². The first-order chi connectivity index (χ1) is 21.1. The summed E-state index contributed by atoms with van der Waals surface area (Å²) in [6.07, 6.45) is 12.6. The van der Waals surface area contributed by atoms with Crippen LogP contribution in [0.15, 0.2) is 103 Å².